The third-order valence-electron chi connectivity index (χ3n) is 4.37. The SMILES string of the molecule is CC(C)=C1CC2=C(C)CCCC2(C)CC1=O. The molecule has 1 atom stereocenters. The molecular formula is C15H22O. The molecular weight excluding hydrogens is 196 g/mol. The molecule has 2 aliphatic carbocycles. The van der Waals surface area contributed by atoms with Gasteiger partial charge in [0.05, 0.1) is 0 Å². The predicted octanol–water partition coefficient (Wildman–Crippen LogP) is 4.19. The number of hydrogen-bond acceptors (Lipinski definition) is 1. The molecule has 0 N–H and O–H groups in total. The number of allylic oxidation sites excluding steroid dienone is 4. The highest BCUT2D eigenvalue weighted by Gasteiger charge is 2.40. The van der Waals surface area contributed by atoms with E-state index in [4.69, 9.17) is 0 Å². The quantitative estimate of drug-likeness (QED) is 0.440. The molecule has 1 unspecified atom stereocenters. The zero-order valence-corrected chi connectivity index (χ0v) is 10.9. The molecule has 0 aromatic carbocycles. The fourth-order valence-corrected chi connectivity index (χ4v) is 3.31. The van der Waals surface area contributed by atoms with E-state index in [1.54, 1.807) is 11.1 Å². The summed E-state index contributed by atoms with van der Waals surface area (Å²) in [5, 5.41) is 0. The molecule has 0 amide bonds. The van der Waals surface area contributed by atoms with Crippen molar-refractivity contribution in [2.24, 2.45) is 5.41 Å². The van der Waals surface area contributed by atoms with Crippen molar-refractivity contribution in [1.82, 2.24) is 0 Å². The van der Waals surface area contributed by atoms with Gasteiger partial charge in [-0.2, -0.15) is 0 Å². The van der Waals surface area contributed by atoms with Crippen molar-refractivity contribution in [2.75, 3.05) is 0 Å². The molecule has 2 aliphatic rings. The number of carbonyl (C=O) groups is 1. The summed E-state index contributed by atoms with van der Waals surface area (Å²) in [6, 6.07) is 0. The lowest BCUT2D eigenvalue weighted by Crippen LogP contribution is -2.33. The first-order valence-corrected chi connectivity index (χ1v) is 6.33. The van der Waals surface area contributed by atoms with Crippen LogP contribution in [-0.4, -0.2) is 5.78 Å². The van der Waals surface area contributed by atoms with Gasteiger partial charge in [-0.25, -0.2) is 0 Å². The van der Waals surface area contributed by atoms with Crippen LogP contribution in [0, 0.1) is 5.41 Å². The normalized spacial score (nSPS) is 30.5. The van der Waals surface area contributed by atoms with Crippen molar-refractivity contribution in [3.05, 3.63) is 22.3 Å². The standard InChI is InChI=1S/C15H22O/c1-10(2)12-8-13-11(3)6-5-7-15(13,4)9-14(12)16/h5-9H2,1-4H3. The molecule has 0 aromatic rings. The van der Waals surface area contributed by atoms with Crippen LogP contribution in [0.25, 0.3) is 0 Å². The van der Waals surface area contributed by atoms with E-state index in [2.05, 4.69) is 27.7 Å². The van der Waals surface area contributed by atoms with Crippen LogP contribution >= 0.6 is 0 Å². The van der Waals surface area contributed by atoms with Crippen LogP contribution in [0.2, 0.25) is 0 Å². The average molecular weight is 218 g/mol. The fourth-order valence-electron chi connectivity index (χ4n) is 3.31. The Morgan fingerprint density at radius 2 is 2.00 bits per heavy atom. The van der Waals surface area contributed by atoms with Crippen molar-refractivity contribution in [3.8, 4) is 0 Å². The second kappa shape index (κ2) is 3.87. The molecule has 88 valence electrons. The van der Waals surface area contributed by atoms with Gasteiger partial charge >= 0.3 is 0 Å². The summed E-state index contributed by atoms with van der Waals surface area (Å²) in [6.45, 7) is 8.67. The van der Waals surface area contributed by atoms with E-state index < -0.39 is 0 Å². The predicted molar refractivity (Wildman–Crippen MR) is 67.3 cm³/mol. The third-order valence-corrected chi connectivity index (χ3v) is 4.37. The lowest BCUT2D eigenvalue weighted by Gasteiger charge is -2.41. The van der Waals surface area contributed by atoms with Gasteiger partial charge < -0.3 is 0 Å². The summed E-state index contributed by atoms with van der Waals surface area (Å²) in [5.41, 5.74) is 5.57. The maximum atomic E-state index is 12.1. The van der Waals surface area contributed by atoms with Crippen LogP contribution in [0.1, 0.15) is 59.8 Å². The maximum absolute atomic E-state index is 12.1. The van der Waals surface area contributed by atoms with Gasteiger partial charge in [0, 0.05) is 6.42 Å². The summed E-state index contributed by atoms with van der Waals surface area (Å²) in [5.74, 6) is 0.390. The fraction of sp³-hybridized carbons (Fsp3) is 0.667. The van der Waals surface area contributed by atoms with Gasteiger partial charge in [0.1, 0.15) is 0 Å². The Morgan fingerprint density at radius 3 is 2.62 bits per heavy atom. The molecule has 0 aromatic heterocycles. The highest BCUT2D eigenvalue weighted by atomic mass is 16.1. The second-order valence-corrected chi connectivity index (χ2v) is 5.93. The summed E-state index contributed by atoms with van der Waals surface area (Å²) in [6.07, 6.45) is 5.34. The zero-order valence-electron chi connectivity index (χ0n) is 10.9. The van der Waals surface area contributed by atoms with Crippen molar-refractivity contribution in [2.45, 2.75) is 59.8 Å². The number of Topliss-reactive ketones (excluding diaryl/α,β-unsaturated/α-hetero) is 1. The van der Waals surface area contributed by atoms with E-state index in [0.29, 0.717) is 5.78 Å². The van der Waals surface area contributed by atoms with Crippen molar-refractivity contribution in [3.63, 3.8) is 0 Å². The summed E-state index contributed by atoms with van der Waals surface area (Å²) in [4.78, 5) is 12.1. The highest BCUT2D eigenvalue weighted by Crippen LogP contribution is 2.50. The molecule has 0 saturated heterocycles. The largest absolute Gasteiger partial charge is 0.295 e. The van der Waals surface area contributed by atoms with Gasteiger partial charge in [-0.05, 0) is 57.4 Å². The van der Waals surface area contributed by atoms with E-state index in [9.17, 15) is 4.79 Å². The van der Waals surface area contributed by atoms with Crippen molar-refractivity contribution in [1.29, 1.82) is 0 Å². The third kappa shape index (κ3) is 1.77. The Hall–Kier alpha value is -0.850. The van der Waals surface area contributed by atoms with Gasteiger partial charge in [-0.1, -0.05) is 23.6 Å². The van der Waals surface area contributed by atoms with Crippen LogP contribution in [0.15, 0.2) is 22.3 Å². The Kier molecular flexibility index (Phi) is 2.81. The minimum atomic E-state index is 0.179. The van der Waals surface area contributed by atoms with Crippen molar-refractivity contribution >= 4 is 5.78 Å². The number of fused-ring (bicyclic) bond motifs is 1. The van der Waals surface area contributed by atoms with Crippen molar-refractivity contribution < 1.29 is 4.79 Å². The molecule has 0 spiro atoms. The topological polar surface area (TPSA) is 17.1 Å². The number of carbonyl (C=O) groups excluding carboxylic acids is 1. The lowest BCUT2D eigenvalue weighted by atomic mass is 9.62. The Morgan fingerprint density at radius 1 is 1.31 bits per heavy atom. The van der Waals surface area contributed by atoms with Crippen LogP contribution in [0.4, 0.5) is 0 Å². The first-order valence-electron chi connectivity index (χ1n) is 6.33. The molecule has 0 bridgehead atoms. The minimum Gasteiger partial charge on any atom is -0.295 e. The Labute approximate surface area is 98.6 Å². The smallest absolute Gasteiger partial charge is 0.159 e. The number of hydrogen-bond donors (Lipinski definition) is 0. The van der Waals surface area contributed by atoms with Gasteiger partial charge in [0.25, 0.3) is 0 Å². The first kappa shape index (κ1) is 11.6. The van der Waals surface area contributed by atoms with Crippen LogP contribution < -0.4 is 0 Å². The maximum Gasteiger partial charge on any atom is 0.159 e. The lowest BCUT2D eigenvalue weighted by molar-refractivity contribution is -0.118. The zero-order chi connectivity index (χ0) is 11.9. The van der Waals surface area contributed by atoms with Crippen LogP contribution in [0.3, 0.4) is 0 Å². The van der Waals surface area contributed by atoms with E-state index in [1.165, 1.54) is 24.8 Å². The number of rotatable bonds is 0. The summed E-state index contributed by atoms with van der Waals surface area (Å²) >= 11 is 0. The Bertz CT molecular complexity index is 394. The van der Waals surface area contributed by atoms with E-state index in [1.807, 2.05) is 0 Å². The minimum absolute atomic E-state index is 0.179. The first-order chi connectivity index (χ1) is 7.44. The summed E-state index contributed by atoms with van der Waals surface area (Å²) in [7, 11) is 0. The molecule has 1 fully saturated rings. The van der Waals surface area contributed by atoms with Gasteiger partial charge in [0.2, 0.25) is 0 Å². The molecule has 0 heterocycles. The molecule has 1 saturated carbocycles. The Balaban J connectivity index is 2.44. The molecule has 0 aliphatic heterocycles. The number of ketones is 1. The molecule has 0 radical (unpaired) electrons. The van der Waals surface area contributed by atoms with E-state index in [0.717, 1.165) is 18.4 Å². The molecule has 2 rings (SSSR count). The highest BCUT2D eigenvalue weighted by molar-refractivity contribution is 5.98. The van der Waals surface area contributed by atoms with Gasteiger partial charge in [0.15, 0.2) is 5.78 Å². The molecule has 1 heteroatoms. The average Bonchev–Trinajstić information content (AvgIpc) is 2.15. The van der Waals surface area contributed by atoms with Crippen LogP contribution in [0.5, 0.6) is 0 Å². The monoisotopic (exact) mass is 218 g/mol. The summed E-state index contributed by atoms with van der Waals surface area (Å²) < 4.78 is 0. The molecule has 16 heavy (non-hydrogen) atoms. The van der Waals surface area contributed by atoms with Gasteiger partial charge in [-0.3, -0.25) is 4.79 Å². The molecule has 1 nitrogen and oxygen atoms in total. The van der Waals surface area contributed by atoms with Crippen LogP contribution in [-0.2, 0) is 4.79 Å². The van der Waals surface area contributed by atoms with E-state index in [-0.39, 0.29) is 5.41 Å². The van der Waals surface area contributed by atoms with E-state index >= 15 is 0 Å². The second-order valence-electron chi connectivity index (χ2n) is 5.93. The van der Waals surface area contributed by atoms with Gasteiger partial charge in [-0.15, -0.1) is 0 Å².